The molecule has 1 amide bonds. The first kappa shape index (κ1) is 15.5. The summed E-state index contributed by atoms with van der Waals surface area (Å²) in [4.78, 5) is 22.8. The molecule has 0 radical (unpaired) electrons. The van der Waals surface area contributed by atoms with Crippen LogP contribution < -0.4 is 20.3 Å². The quantitative estimate of drug-likeness (QED) is 0.806. The van der Waals surface area contributed by atoms with Crippen LogP contribution in [0.5, 0.6) is 5.88 Å². The van der Waals surface area contributed by atoms with Crippen LogP contribution in [0.2, 0.25) is 0 Å². The molecule has 1 aliphatic rings. The first-order valence-electron chi connectivity index (χ1n) is 7.35. The molecule has 1 aromatic rings. The van der Waals surface area contributed by atoms with E-state index in [4.69, 9.17) is 4.74 Å². The maximum Gasteiger partial charge on any atom is 0.244 e. The molecule has 0 spiro atoms. The van der Waals surface area contributed by atoms with Crippen molar-refractivity contribution in [1.29, 1.82) is 0 Å². The zero-order chi connectivity index (χ0) is 15.2. The number of rotatable bonds is 5. The number of nitrogens with one attached hydrogen (secondary N) is 2. The van der Waals surface area contributed by atoms with Crippen molar-refractivity contribution in [2.75, 3.05) is 31.1 Å². The number of carbonyl (C=O) groups is 1. The highest BCUT2D eigenvalue weighted by Crippen LogP contribution is 2.18. The number of anilines is 1. The largest absolute Gasteiger partial charge is 0.474 e. The summed E-state index contributed by atoms with van der Waals surface area (Å²) in [5.41, 5.74) is 0. The van der Waals surface area contributed by atoms with Gasteiger partial charge in [0.15, 0.2) is 5.82 Å². The Balaban J connectivity index is 2.18. The lowest BCUT2D eigenvalue weighted by Crippen LogP contribution is -2.58. The van der Waals surface area contributed by atoms with E-state index in [-0.39, 0.29) is 18.1 Å². The lowest BCUT2D eigenvalue weighted by atomic mass is 10.1. The molecule has 1 unspecified atom stereocenters. The van der Waals surface area contributed by atoms with Gasteiger partial charge in [0, 0.05) is 26.2 Å². The van der Waals surface area contributed by atoms with E-state index in [0.29, 0.717) is 31.3 Å². The van der Waals surface area contributed by atoms with Crippen LogP contribution in [0.4, 0.5) is 5.82 Å². The molecule has 21 heavy (non-hydrogen) atoms. The summed E-state index contributed by atoms with van der Waals surface area (Å²) in [6.07, 6.45) is 3.30. The van der Waals surface area contributed by atoms with Gasteiger partial charge in [-0.15, -0.1) is 0 Å². The molecule has 7 nitrogen and oxygen atoms in total. The highest BCUT2D eigenvalue weighted by atomic mass is 16.5. The Morgan fingerprint density at radius 1 is 1.57 bits per heavy atom. The Bertz CT molecular complexity index is 480. The molecule has 0 aliphatic carbocycles. The van der Waals surface area contributed by atoms with Gasteiger partial charge >= 0.3 is 0 Å². The lowest BCUT2D eigenvalue weighted by Gasteiger charge is -2.35. The third-order valence-electron chi connectivity index (χ3n) is 3.15. The third kappa shape index (κ3) is 4.04. The van der Waals surface area contributed by atoms with Gasteiger partial charge in [-0.1, -0.05) is 0 Å². The normalized spacial score (nSPS) is 18.7. The van der Waals surface area contributed by atoms with Gasteiger partial charge in [-0.25, -0.2) is 0 Å². The van der Waals surface area contributed by atoms with Gasteiger partial charge in [-0.05, 0) is 20.8 Å². The Kier molecular flexibility index (Phi) is 5.32. The van der Waals surface area contributed by atoms with Crippen molar-refractivity contribution in [2.24, 2.45) is 0 Å². The minimum absolute atomic E-state index is 0.00156. The molecular weight excluding hydrogens is 270 g/mol. The second-order valence-electron chi connectivity index (χ2n) is 5.19. The average molecular weight is 293 g/mol. The fourth-order valence-corrected chi connectivity index (χ4v) is 2.28. The van der Waals surface area contributed by atoms with Gasteiger partial charge in [0.2, 0.25) is 11.8 Å². The van der Waals surface area contributed by atoms with Crippen molar-refractivity contribution in [1.82, 2.24) is 20.6 Å². The third-order valence-corrected chi connectivity index (χ3v) is 3.15. The van der Waals surface area contributed by atoms with Crippen molar-refractivity contribution in [3.63, 3.8) is 0 Å². The monoisotopic (exact) mass is 293 g/mol. The van der Waals surface area contributed by atoms with Gasteiger partial charge in [0.25, 0.3) is 0 Å². The van der Waals surface area contributed by atoms with Crippen molar-refractivity contribution in [2.45, 2.75) is 32.9 Å². The van der Waals surface area contributed by atoms with Crippen molar-refractivity contribution in [3.05, 3.63) is 12.4 Å². The number of hydrogen-bond donors (Lipinski definition) is 2. The molecule has 0 aromatic carbocycles. The van der Waals surface area contributed by atoms with Crippen molar-refractivity contribution in [3.8, 4) is 5.88 Å². The van der Waals surface area contributed by atoms with Crippen LogP contribution in [0, 0.1) is 0 Å². The number of aromatic nitrogens is 2. The average Bonchev–Trinajstić information content (AvgIpc) is 2.47. The van der Waals surface area contributed by atoms with Crippen LogP contribution in [0.15, 0.2) is 12.4 Å². The molecule has 0 bridgehead atoms. The molecule has 2 N–H and O–H groups in total. The van der Waals surface area contributed by atoms with E-state index in [2.05, 4.69) is 20.6 Å². The summed E-state index contributed by atoms with van der Waals surface area (Å²) in [6.45, 7) is 8.53. The minimum atomic E-state index is -0.276. The number of amides is 1. The zero-order valence-corrected chi connectivity index (χ0v) is 12.8. The molecule has 7 heteroatoms. The van der Waals surface area contributed by atoms with Crippen LogP contribution in [-0.2, 0) is 4.79 Å². The van der Waals surface area contributed by atoms with E-state index in [1.807, 2.05) is 25.7 Å². The number of ether oxygens (including phenoxy) is 1. The molecule has 116 valence electrons. The highest BCUT2D eigenvalue weighted by molar-refractivity contribution is 5.85. The zero-order valence-electron chi connectivity index (χ0n) is 12.8. The van der Waals surface area contributed by atoms with E-state index in [9.17, 15) is 4.79 Å². The maximum atomic E-state index is 12.2. The fourth-order valence-electron chi connectivity index (χ4n) is 2.28. The van der Waals surface area contributed by atoms with E-state index in [1.165, 1.54) is 0 Å². The highest BCUT2D eigenvalue weighted by Gasteiger charge is 2.29. The second kappa shape index (κ2) is 7.21. The second-order valence-corrected chi connectivity index (χ2v) is 5.19. The van der Waals surface area contributed by atoms with Gasteiger partial charge < -0.3 is 20.3 Å². The van der Waals surface area contributed by atoms with E-state index in [0.717, 1.165) is 6.54 Å². The van der Waals surface area contributed by atoms with Crippen LogP contribution in [-0.4, -0.2) is 54.2 Å². The van der Waals surface area contributed by atoms with Gasteiger partial charge in [0.05, 0.1) is 18.5 Å². The van der Waals surface area contributed by atoms with Crippen LogP contribution in [0.1, 0.15) is 20.8 Å². The molecule has 2 rings (SSSR count). The Morgan fingerprint density at radius 3 is 3.10 bits per heavy atom. The summed E-state index contributed by atoms with van der Waals surface area (Å²) in [5, 5.41) is 6.10. The summed E-state index contributed by atoms with van der Waals surface area (Å²) >= 11 is 0. The Morgan fingerprint density at radius 2 is 2.38 bits per heavy atom. The Labute approximate surface area is 125 Å². The number of likely N-dealkylation sites (N-methyl/N-ethyl adjacent to an activating group) is 1. The summed E-state index contributed by atoms with van der Waals surface area (Å²) in [5.74, 6) is 1.16. The Hall–Kier alpha value is -1.89. The van der Waals surface area contributed by atoms with E-state index < -0.39 is 0 Å². The smallest absolute Gasteiger partial charge is 0.244 e. The molecular formula is C14H23N5O2. The maximum absolute atomic E-state index is 12.2. The van der Waals surface area contributed by atoms with Crippen molar-refractivity contribution < 1.29 is 9.53 Å². The molecule has 1 fully saturated rings. The minimum Gasteiger partial charge on any atom is -0.474 e. The van der Waals surface area contributed by atoms with Crippen LogP contribution >= 0.6 is 0 Å². The van der Waals surface area contributed by atoms with Crippen LogP contribution in [0.25, 0.3) is 0 Å². The molecule has 0 saturated carbocycles. The van der Waals surface area contributed by atoms with Gasteiger partial charge in [0.1, 0.15) is 6.04 Å². The number of hydrogen-bond acceptors (Lipinski definition) is 6. The summed E-state index contributed by atoms with van der Waals surface area (Å²) in [7, 11) is 0. The standard InChI is InChI=1S/C14H23N5O2/c1-4-17-14(20)11-7-15-5-6-19(11)12-8-16-9-13(18-12)21-10(2)3/h8-11,15H,4-7H2,1-3H3,(H,17,20). The topological polar surface area (TPSA) is 79.4 Å². The molecule has 1 saturated heterocycles. The summed E-state index contributed by atoms with van der Waals surface area (Å²) in [6, 6.07) is -0.276. The predicted octanol–water partition coefficient (Wildman–Crippen LogP) is 0.178. The molecule has 2 heterocycles. The predicted molar refractivity (Wildman–Crippen MR) is 80.5 cm³/mol. The molecule has 1 aromatic heterocycles. The SMILES string of the molecule is CCNC(=O)C1CNCCN1c1cncc(OC(C)C)n1. The number of piperazine rings is 1. The first-order chi connectivity index (χ1) is 10.1. The van der Waals surface area contributed by atoms with Crippen LogP contribution in [0.3, 0.4) is 0 Å². The number of carbonyl (C=O) groups excluding carboxylic acids is 1. The lowest BCUT2D eigenvalue weighted by molar-refractivity contribution is -0.122. The van der Waals surface area contributed by atoms with E-state index in [1.54, 1.807) is 12.4 Å². The van der Waals surface area contributed by atoms with Crippen molar-refractivity contribution >= 4 is 11.7 Å². The molecule has 1 aliphatic heterocycles. The summed E-state index contributed by atoms with van der Waals surface area (Å²) < 4.78 is 5.57. The molecule has 1 atom stereocenters. The fraction of sp³-hybridized carbons (Fsp3) is 0.643. The van der Waals surface area contributed by atoms with Gasteiger partial charge in [-0.3, -0.25) is 9.78 Å². The van der Waals surface area contributed by atoms with E-state index >= 15 is 0 Å². The number of nitrogens with zero attached hydrogens (tertiary/aromatic N) is 3. The first-order valence-corrected chi connectivity index (χ1v) is 7.35. The van der Waals surface area contributed by atoms with Gasteiger partial charge in [-0.2, -0.15) is 4.98 Å².